The van der Waals surface area contributed by atoms with Gasteiger partial charge in [0.15, 0.2) is 0 Å². The number of rotatable bonds is 9. The zero-order chi connectivity index (χ0) is 25.8. The number of esters is 1. The smallest absolute Gasteiger partial charge is 0.404 e. The first kappa shape index (κ1) is 27.3. The van der Waals surface area contributed by atoms with E-state index in [1.54, 1.807) is 51.1 Å². The topological polar surface area (TPSA) is 88.5 Å². The molecule has 0 aliphatic rings. The summed E-state index contributed by atoms with van der Waals surface area (Å²) in [5.74, 6) is -2.29. The van der Waals surface area contributed by atoms with Crippen LogP contribution in [0.25, 0.3) is 17.0 Å². The van der Waals surface area contributed by atoms with E-state index in [0.717, 1.165) is 5.39 Å². The Hall–Kier alpha value is -2.94. The largest absolute Gasteiger partial charge is 0.480 e. The Labute approximate surface area is 197 Å². The predicted molar refractivity (Wildman–Crippen MR) is 124 cm³/mol. The van der Waals surface area contributed by atoms with Gasteiger partial charge in [0.2, 0.25) is 0 Å². The molecule has 0 radical (unpaired) electrons. The first-order valence-corrected chi connectivity index (χ1v) is 10.9. The molecule has 0 fully saturated rings. The third kappa shape index (κ3) is 7.03. The van der Waals surface area contributed by atoms with Gasteiger partial charge in [-0.1, -0.05) is 58.0 Å². The summed E-state index contributed by atoms with van der Waals surface area (Å²) < 4.78 is 46.9. The average Bonchev–Trinajstić information content (AvgIpc) is 2.69. The first-order chi connectivity index (χ1) is 15.6. The number of hydrogen-bond donors (Lipinski definition) is 2. The lowest BCUT2D eigenvalue weighted by molar-refractivity contribution is -0.178. The zero-order valence-corrected chi connectivity index (χ0v) is 20.1. The number of carbonyl (C=O) groups is 2. The highest BCUT2D eigenvalue weighted by molar-refractivity contribution is 5.81. The Morgan fingerprint density at radius 1 is 1.12 bits per heavy atom. The van der Waals surface area contributed by atoms with Crippen LogP contribution in [0.2, 0.25) is 0 Å². The van der Waals surface area contributed by atoms with E-state index in [0.29, 0.717) is 16.8 Å². The van der Waals surface area contributed by atoms with E-state index in [1.165, 1.54) is 26.8 Å². The molecule has 3 atom stereocenters. The van der Waals surface area contributed by atoms with Gasteiger partial charge in [0.05, 0.1) is 11.2 Å². The molecule has 2 rings (SSSR count). The molecule has 0 saturated heterocycles. The van der Waals surface area contributed by atoms with Crippen molar-refractivity contribution in [1.82, 2.24) is 10.3 Å². The van der Waals surface area contributed by atoms with Crippen molar-refractivity contribution >= 4 is 28.9 Å². The number of benzene rings is 1. The number of halogens is 3. The average molecular weight is 481 g/mol. The molecule has 1 aromatic carbocycles. The lowest BCUT2D eigenvalue weighted by atomic mass is 9.82. The van der Waals surface area contributed by atoms with Crippen LogP contribution in [-0.4, -0.2) is 40.3 Å². The number of alkyl halides is 3. The maximum atomic E-state index is 13.9. The van der Waals surface area contributed by atoms with Gasteiger partial charge >= 0.3 is 18.1 Å². The van der Waals surface area contributed by atoms with Crippen LogP contribution < -0.4 is 5.32 Å². The Bertz CT molecular complexity index is 1060. The number of carboxylic acid groups (broad SMARTS) is 1. The van der Waals surface area contributed by atoms with Gasteiger partial charge in [-0.15, -0.1) is 0 Å². The van der Waals surface area contributed by atoms with Crippen LogP contribution in [0.15, 0.2) is 36.4 Å². The number of carbonyl (C=O) groups excluding carboxylic acids is 1. The summed E-state index contributed by atoms with van der Waals surface area (Å²) in [5, 5.41) is 12.5. The van der Waals surface area contributed by atoms with E-state index in [9.17, 15) is 27.9 Å². The highest BCUT2D eigenvalue weighted by Crippen LogP contribution is 2.36. The molecule has 0 bridgehead atoms. The van der Waals surface area contributed by atoms with Crippen molar-refractivity contribution in [2.45, 2.75) is 65.9 Å². The molecular formula is C25H31F3N2O4. The molecule has 0 spiro atoms. The maximum Gasteiger partial charge on any atom is 0.404 e. The summed E-state index contributed by atoms with van der Waals surface area (Å²) in [7, 11) is 0. The van der Waals surface area contributed by atoms with E-state index < -0.39 is 47.6 Å². The Kier molecular flexibility index (Phi) is 8.47. The SMILES string of the molecule is CC(=O)O[C@H](C)c1ccc2ccc(/C=C/C(C)(C)[C@H](NC(C(=O)O)C(C)C)C(F)(F)F)cc2n1. The molecule has 1 aromatic heterocycles. The van der Waals surface area contributed by atoms with E-state index in [2.05, 4.69) is 10.3 Å². The Balaban J connectivity index is 2.36. The Morgan fingerprint density at radius 2 is 1.74 bits per heavy atom. The minimum atomic E-state index is -4.66. The van der Waals surface area contributed by atoms with Crippen LogP contribution >= 0.6 is 0 Å². The molecule has 1 heterocycles. The van der Waals surface area contributed by atoms with Crippen LogP contribution in [0.4, 0.5) is 13.2 Å². The molecule has 6 nitrogen and oxygen atoms in total. The van der Waals surface area contributed by atoms with Gasteiger partial charge in [0.1, 0.15) is 18.2 Å². The van der Waals surface area contributed by atoms with Crippen molar-refractivity contribution in [3.8, 4) is 0 Å². The van der Waals surface area contributed by atoms with Crippen molar-refractivity contribution in [3.05, 3.63) is 47.7 Å². The number of hydrogen-bond acceptors (Lipinski definition) is 5. The van der Waals surface area contributed by atoms with Crippen molar-refractivity contribution in [3.63, 3.8) is 0 Å². The number of fused-ring (bicyclic) bond motifs is 1. The van der Waals surface area contributed by atoms with E-state index in [1.807, 2.05) is 6.07 Å². The summed E-state index contributed by atoms with van der Waals surface area (Å²) in [6.07, 6.45) is -2.22. The van der Waals surface area contributed by atoms with Gasteiger partial charge in [-0.2, -0.15) is 13.2 Å². The molecule has 1 unspecified atom stereocenters. The van der Waals surface area contributed by atoms with Gasteiger partial charge in [-0.05, 0) is 30.5 Å². The van der Waals surface area contributed by atoms with Crippen LogP contribution in [0, 0.1) is 11.3 Å². The van der Waals surface area contributed by atoms with Gasteiger partial charge in [-0.25, -0.2) is 4.98 Å². The highest BCUT2D eigenvalue weighted by Gasteiger charge is 2.49. The molecule has 0 aliphatic heterocycles. The predicted octanol–water partition coefficient (Wildman–Crippen LogP) is 5.53. The normalized spacial score (nSPS) is 15.5. The number of aromatic nitrogens is 1. The van der Waals surface area contributed by atoms with Crippen LogP contribution in [0.3, 0.4) is 0 Å². The fourth-order valence-electron chi connectivity index (χ4n) is 3.66. The third-order valence-electron chi connectivity index (χ3n) is 5.55. The fourth-order valence-corrected chi connectivity index (χ4v) is 3.66. The monoisotopic (exact) mass is 480 g/mol. The molecule has 0 amide bonds. The number of aliphatic carboxylic acids is 1. The molecule has 0 saturated carbocycles. The van der Waals surface area contributed by atoms with Gasteiger partial charge in [0.25, 0.3) is 0 Å². The number of nitrogens with zero attached hydrogens (tertiary/aromatic N) is 1. The summed E-state index contributed by atoms with van der Waals surface area (Å²) in [6.45, 7) is 8.94. The Morgan fingerprint density at radius 3 is 2.26 bits per heavy atom. The van der Waals surface area contributed by atoms with Crippen molar-refractivity contribution in [2.75, 3.05) is 0 Å². The molecule has 9 heteroatoms. The second-order valence-electron chi connectivity index (χ2n) is 9.30. The van der Waals surface area contributed by atoms with Gasteiger partial charge in [-0.3, -0.25) is 14.9 Å². The second-order valence-corrected chi connectivity index (χ2v) is 9.30. The first-order valence-electron chi connectivity index (χ1n) is 10.9. The lowest BCUT2D eigenvalue weighted by Gasteiger charge is -2.36. The van der Waals surface area contributed by atoms with E-state index in [4.69, 9.17) is 4.74 Å². The van der Waals surface area contributed by atoms with Crippen LogP contribution in [0.5, 0.6) is 0 Å². The van der Waals surface area contributed by atoms with E-state index >= 15 is 0 Å². The number of ether oxygens (including phenoxy) is 1. The summed E-state index contributed by atoms with van der Waals surface area (Å²) in [4.78, 5) is 27.2. The molecular weight excluding hydrogens is 449 g/mol. The zero-order valence-electron chi connectivity index (χ0n) is 20.1. The molecule has 0 aliphatic carbocycles. The van der Waals surface area contributed by atoms with Crippen molar-refractivity contribution < 1.29 is 32.6 Å². The molecule has 34 heavy (non-hydrogen) atoms. The standard InChI is InChI=1S/C25H31F3N2O4/c1-14(2)21(22(32)33)30-23(25(26,27)28)24(5,6)12-11-17-7-8-18-9-10-19(29-20(18)13-17)15(3)34-16(4)31/h7-15,21,23,30H,1-6H3,(H,32,33)/b12-11+/t15-,21?,23+/m1/s1. The number of carboxylic acids is 1. The summed E-state index contributed by atoms with van der Waals surface area (Å²) in [5.41, 5.74) is 0.339. The second kappa shape index (κ2) is 10.5. The summed E-state index contributed by atoms with van der Waals surface area (Å²) >= 11 is 0. The lowest BCUT2D eigenvalue weighted by Crippen LogP contribution is -2.58. The molecule has 186 valence electrons. The van der Waals surface area contributed by atoms with Crippen molar-refractivity contribution in [2.24, 2.45) is 11.3 Å². The number of nitrogens with one attached hydrogen (secondary N) is 1. The van der Waals surface area contributed by atoms with Gasteiger partial charge < -0.3 is 9.84 Å². The minimum Gasteiger partial charge on any atom is -0.480 e. The van der Waals surface area contributed by atoms with Crippen LogP contribution in [-0.2, 0) is 14.3 Å². The van der Waals surface area contributed by atoms with Gasteiger partial charge in [0, 0.05) is 17.7 Å². The highest BCUT2D eigenvalue weighted by atomic mass is 19.4. The third-order valence-corrected chi connectivity index (χ3v) is 5.55. The molecule has 2 aromatic rings. The quantitative estimate of drug-likeness (QED) is 0.459. The summed E-state index contributed by atoms with van der Waals surface area (Å²) in [6, 6.07) is 5.45. The maximum absolute atomic E-state index is 13.9. The molecule has 2 N–H and O–H groups in total. The van der Waals surface area contributed by atoms with E-state index in [-0.39, 0.29) is 0 Å². The fraction of sp³-hybridized carbons (Fsp3) is 0.480. The number of pyridine rings is 1. The minimum absolute atomic E-state index is 0.427. The van der Waals surface area contributed by atoms with Crippen LogP contribution in [0.1, 0.15) is 58.9 Å². The van der Waals surface area contributed by atoms with Crippen molar-refractivity contribution in [1.29, 1.82) is 0 Å².